The number of rotatable bonds is 6. The van der Waals surface area contributed by atoms with E-state index in [-0.39, 0.29) is 5.91 Å². The summed E-state index contributed by atoms with van der Waals surface area (Å²) in [6.45, 7) is 0.359. The Morgan fingerprint density at radius 2 is 2.00 bits per heavy atom. The molecule has 0 aliphatic rings. The third-order valence-corrected chi connectivity index (χ3v) is 4.06. The highest BCUT2D eigenvalue weighted by molar-refractivity contribution is 7.17. The van der Waals surface area contributed by atoms with Crippen molar-refractivity contribution in [2.45, 2.75) is 6.61 Å². The van der Waals surface area contributed by atoms with Crippen LogP contribution in [0, 0.1) is 0 Å². The fraction of sp³-hybridized carbons (Fsp3) is 0.118. The number of hydrogen-bond acceptors (Lipinski definition) is 6. The highest BCUT2D eigenvalue weighted by Crippen LogP contribution is 2.26. The second-order valence-corrected chi connectivity index (χ2v) is 5.78. The molecule has 0 aliphatic heterocycles. The first-order valence-electron chi connectivity index (χ1n) is 7.18. The Morgan fingerprint density at radius 1 is 1.21 bits per heavy atom. The Hall–Kier alpha value is -2.93. The largest absolute Gasteiger partial charge is 0.488 e. The van der Waals surface area contributed by atoms with E-state index >= 15 is 0 Å². The molecule has 1 amide bonds. The second kappa shape index (κ2) is 7.56. The summed E-state index contributed by atoms with van der Waals surface area (Å²) in [7, 11) is 1.56. The van der Waals surface area contributed by atoms with Crippen LogP contribution in [0.2, 0.25) is 0 Å². The molecule has 122 valence electrons. The van der Waals surface area contributed by atoms with E-state index in [0.29, 0.717) is 28.1 Å². The fourth-order valence-corrected chi connectivity index (χ4v) is 2.62. The number of ether oxygens (including phenoxy) is 2. The minimum atomic E-state index is -0.280. The van der Waals surface area contributed by atoms with Crippen LogP contribution in [0.4, 0.5) is 5.13 Å². The maximum atomic E-state index is 12.5. The molecule has 3 rings (SSSR count). The van der Waals surface area contributed by atoms with Gasteiger partial charge in [0, 0.05) is 12.4 Å². The minimum Gasteiger partial charge on any atom is -0.488 e. The number of methoxy groups -OCH3 is 1. The van der Waals surface area contributed by atoms with Crippen molar-refractivity contribution in [3.63, 3.8) is 0 Å². The van der Waals surface area contributed by atoms with Crippen molar-refractivity contribution in [2.24, 2.45) is 0 Å². The van der Waals surface area contributed by atoms with Crippen LogP contribution in [0.15, 0.2) is 55.0 Å². The molecule has 6 nitrogen and oxygen atoms in total. The number of nitrogens with zero attached hydrogens (tertiary/aromatic N) is 2. The van der Waals surface area contributed by atoms with E-state index in [9.17, 15) is 4.79 Å². The third-order valence-electron chi connectivity index (χ3n) is 3.18. The molecule has 0 aliphatic carbocycles. The number of anilines is 1. The minimum absolute atomic E-state index is 0.280. The van der Waals surface area contributed by atoms with Crippen molar-refractivity contribution in [1.82, 2.24) is 9.97 Å². The predicted octanol–water partition coefficient (Wildman–Crippen LogP) is 3.38. The molecule has 0 saturated heterocycles. The molecule has 0 unspecified atom stereocenters. The number of pyridine rings is 1. The van der Waals surface area contributed by atoms with Gasteiger partial charge in [0.1, 0.15) is 12.4 Å². The van der Waals surface area contributed by atoms with Crippen molar-refractivity contribution < 1.29 is 14.3 Å². The zero-order chi connectivity index (χ0) is 16.8. The van der Waals surface area contributed by atoms with Crippen molar-refractivity contribution in [3.8, 4) is 10.8 Å². The number of benzene rings is 1. The molecule has 0 spiro atoms. The average Bonchev–Trinajstić information content (AvgIpc) is 3.08. The lowest BCUT2D eigenvalue weighted by Gasteiger charge is -2.10. The molecule has 1 aromatic carbocycles. The molecule has 0 radical (unpaired) electrons. The van der Waals surface area contributed by atoms with Gasteiger partial charge in [0.25, 0.3) is 5.91 Å². The smallest absolute Gasteiger partial charge is 0.261 e. The average molecular weight is 341 g/mol. The summed E-state index contributed by atoms with van der Waals surface area (Å²) in [6, 6.07) is 10.8. The van der Waals surface area contributed by atoms with Crippen LogP contribution in [0.25, 0.3) is 0 Å². The van der Waals surface area contributed by atoms with E-state index in [1.54, 1.807) is 43.9 Å². The lowest BCUT2D eigenvalue weighted by molar-refractivity contribution is 0.102. The highest BCUT2D eigenvalue weighted by atomic mass is 32.1. The molecular formula is C17H15N3O3S. The molecule has 1 N–H and O–H groups in total. The molecule has 2 heterocycles. The van der Waals surface area contributed by atoms with Crippen molar-refractivity contribution >= 4 is 22.4 Å². The molecule has 0 bridgehead atoms. The number of para-hydroxylation sites is 1. The zero-order valence-electron chi connectivity index (χ0n) is 12.9. The summed E-state index contributed by atoms with van der Waals surface area (Å²) in [5, 5.41) is 3.85. The van der Waals surface area contributed by atoms with Gasteiger partial charge in [0.15, 0.2) is 10.2 Å². The molecule has 0 atom stereocenters. The van der Waals surface area contributed by atoms with E-state index in [0.717, 1.165) is 5.56 Å². The van der Waals surface area contributed by atoms with Gasteiger partial charge in [-0.05, 0) is 29.8 Å². The number of amides is 1. The van der Waals surface area contributed by atoms with Gasteiger partial charge in [-0.3, -0.25) is 15.1 Å². The summed E-state index contributed by atoms with van der Waals surface area (Å²) >= 11 is 1.26. The number of thiazole rings is 1. The molecule has 3 aromatic rings. The fourth-order valence-electron chi connectivity index (χ4n) is 2.00. The van der Waals surface area contributed by atoms with E-state index < -0.39 is 0 Å². The Balaban J connectivity index is 1.72. The molecule has 24 heavy (non-hydrogen) atoms. The van der Waals surface area contributed by atoms with Gasteiger partial charge >= 0.3 is 0 Å². The lowest BCUT2D eigenvalue weighted by atomic mass is 10.2. The van der Waals surface area contributed by atoms with Gasteiger partial charge in [-0.2, -0.15) is 0 Å². The summed E-state index contributed by atoms with van der Waals surface area (Å²) in [4.78, 5) is 20.5. The Morgan fingerprint density at radius 3 is 2.75 bits per heavy atom. The zero-order valence-corrected chi connectivity index (χ0v) is 13.7. The molecule has 0 saturated carbocycles. The topological polar surface area (TPSA) is 73.3 Å². The second-order valence-electron chi connectivity index (χ2n) is 4.78. The van der Waals surface area contributed by atoms with Crippen LogP contribution in [-0.4, -0.2) is 23.0 Å². The van der Waals surface area contributed by atoms with Crippen LogP contribution in [-0.2, 0) is 6.61 Å². The van der Waals surface area contributed by atoms with Crippen LogP contribution in [0.5, 0.6) is 10.8 Å². The maximum Gasteiger partial charge on any atom is 0.261 e. The molecule has 0 fully saturated rings. The standard InChI is InChI=1S/C17H15N3O3S/c1-22-15-10-19-17(24-15)20-16(21)13-4-2-3-5-14(13)23-11-12-6-8-18-9-7-12/h2-10H,11H2,1H3,(H,19,20,21). The van der Waals surface area contributed by atoms with Crippen LogP contribution in [0.1, 0.15) is 15.9 Å². The lowest BCUT2D eigenvalue weighted by Crippen LogP contribution is -2.13. The summed E-state index contributed by atoms with van der Waals surface area (Å²) in [5.74, 6) is 0.229. The number of nitrogens with one attached hydrogen (secondary N) is 1. The van der Waals surface area contributed by atoms with Crippen LogP contribution >= 0.6 is 11.3 Å². The Kier molecular flexibility index (Phi) is 5.02. The third kappa shape index (κ3) is 3.88. The van der Waals surface area contributed by atoms with Gasteiger partial charge in [0.05, 0.1) is 18.9 Å². The van der Waals surface area contributed by atoms with Gasteiger partial charge in [0.2, 0.25) is 0 Å². The summed E-state index contributed by atoms with van der Waals surface area (Å²) in [6.07, 6.45) is 4.96. The maximum absolute atomic E-state index is 12.5. The first-order valence-corrected chi connectivity index (χ1v) is 8.00. The normalized spacial score (nSPS) is 10.2. The number of hydrogen-bond donors (Lipinski definition) is 1. The number of aromatic nitrogens is 2. The Bertz CT molecular complexity index is 821. The van der Waals surface area contributed by atoms with E-state index in [1.807, 2.05) is 18.2 Å². The van der Waals surface area contributed by atoms with Gasteiger partial charge in [-0.1, -0.05) is 23.5 Å². The molecule has 7 heteroatoms. The first kappa shape index (κ1) is 15.9. The van der Waals surface area contributed by atoms with Crippen molar-refractivity contribution in [1.29, 1.82) is 0 Å². The van der Waals surface area contributed by atoms with Gasteiger partial charge in [-0.15, -0.1) is 0 Å². The van der Waals surface area contributed by atoms with E-state index in [2.05, 4.69) is 15.3 Å². The molecule has 2 aromatic heterocycles. The van der Waals surface area contributed by atoms with Crippen LogP contribution < -0.4 is 14.8 Å². The van der Waals surface area contributed by atoms with Crippen molar-refractivity contribution in [3.05, 3.63) is 66.1 Å². The van der Waals surface area contributed by atoms with E-state index in [4.69, 9.17) is 9.47 Å². The number of carbonyl (C=O) groups excluding carboxylic acids is 1. The SMILES string of the molecule is COc1cnc(NC(=O)c2ccccc2OCc2ccncc2)s1. The Labute approximate surface area is 143 Å². The summed E-state index contributed by atoms with van der Waals surface area (Å²) in [5.41, 5.74) is 1.42. The van der Waals surface area contributed by atoms with E-state index in [1.165, 1.54) is 11.3 Å². The highest BCUT2D eigenvalue weighted by Gasteiger charge is 2.14. The van der Waals surface area contributed by atoms with Gasteiger partial charge < -0.3 is 9.47 Å². The summed E-state index contributed by atoms with van der Waals surface area (Å²) < 4.78 is 10.8. The number of carbonyl (C=O) groups is 1. The quantitative estimate of drug-likeness (QED) is 0.744. The predicted molar refractivity (Wildman–Crippen MR) is 91.6 cm³/mol. The van der Waals surface area contributed by atoms with Crippen LogP contribution in [0.3, 0.4) is 0 Å². The first-order chi connectivity index (χ1) is 11.8. The van der Waals surface area contributed by atoms with Gasteiger partial charge in [-0.25, -0.2) is 4.98 Å². The van der Waals surface area contributed by atoms with Crippen molar-refractivity contribution in [2.75, 3.05) is 12.4 Å². The molecular weight excluding hydrogens is 326 g/mol. The monoisotopic (exact) mass is 341 g/mol.